The van der Waals surface area contributed by atoms with Crippen LogP contribution in [0.2, 0.25) is 0 Å². The summed E-state index contributed by atoms with van der Waals surface area (Å²) in [4.78, 5) is 0. The molecule has 112 valence electrons. The van der Waals surface area contributed by atoms with Crippen molar-refractivity contribution in [3.63, 3.8) is 0 Å². The molecule has 1 nitrogen and oxygen atoms in total. The zero-order chi connectivity index (χ0) is 15.2. The van der Waals surface area contributed by atoms with Crippen LogP contribution in [0.5, 0.6) is 0 Å². The third kappa shape index (κ3) is 4.42. The maximum absolute atomic E-state index is 3.64. The van der Waals surface area contributed by atoms with Crippen LogP contribution in [0, 0.1) is 6.92 Å². The summed E-state index contributed by atoms with van der Waals surface area (Å²) in [6, 6.07) is 16.0. The second kappa shape index (κ2) is 7.77. The monoisotopic (exact) mass is 345 g/mol. The van der Waals surface area contributed by atoms with Crippen LogP contribution in [0.1, 0.15) is 42.1 Å². The summed E-state index contributed by atoms with van der Waals surface area (Å²) in [5.41, 5.74) is 5.40. The van der Waals surface area contributed by atoms with Crippen molar-refractivity contribution in [2.45, 2.75) is 39.7 Å². The zero-order valence-electron chi connectivity index (χ0n) is 13.1. The number of hydrogen-bond acceptors (Lipinski definition) is 1. The molecule has 0 aliphatic carbocycles. The molecule has 0 spiro atoms. The Balaban J connectivity index is 2.19. The van der Waals surface area contributed by atoms with Gasteiger partial charge in [0.05, 0.1) is 0 Å². The van der Waals surface area contributed by atoms with E-state index in [4.69, 9.17) is 0 Å². The Morgan fingerprint density at radius 3 is 2.24 bits per heavy atom. The maximum atomic E-state index is 3.64. The highest BCUT2D eigenvalue weighted by Gasteiger charge is 2.12. The van der Waals surface area contributed by atoms with Crippen molar-refractivity contribution in [3.05, 3.63) is 69.2 Å². The summed E-state index contributed by atoms with van der Waals surface area (Å²) in [6.45, 7) is 7.46. The lowest BCUT2D eigenvalue weighted by Crippen LogP contribution is -2.23. The van der Waals surface area contributed by atoms with Gasteiger partial charge in [0.25, 0.3) is 0 Å². The van der Waals surface area contributed by atoms with Crippen LogP contribution in [0.3, 0.4) is 0 Å². The molecule has 1 unspecified atom stereocenters. The van der Waals surface area contributed by atoms with Crippen LogP contribution < -0.4 is 5.32 Å². The molecule has 0 amide bonds. The average molecular weight is 346 g/mol. The standard InChI is InChI=1S/C19H24BrN/c1-4-15-7-9-16(10-8-15)12-19(21-5-2)17-11-6-14(3)18(20)13-17/h6-11,13,19,21H,4-5,12H2,1-3H3. The lowest BCUT2D eigenvalue weighted by atomic mass is 9.97. The fraction of sp³-hybridized carbons (Fsp3) is 0.368. The van der Waals surface area contributed by atoms with E-state index in [1.807, 2.05) is 0 Å². The number of benzene rings is 2. The van der Waals surface area contributed by atoms with E-state index < -0.39 is 0 Å². The number of rotatable bonds is 6. The minimum atomic E-state index is 0.361. The molecule has 0 fully saturated rings. The van der Waals surface area contributed by atoms with Gasteiger partial charge in [-0.1, -0.05) is 66.2 Å². The van der Waals surface area contributed by atoms with Gasteiger partial charge < -0.3 is 5.32 Å². The molecule has 0 saturated heterocycles. The molecule has 2 aromatic rings. The predicted molar refractivity (Wildman–Crippen MR) is 94.8 cm³/mol. The molecule has 2 aromatic carbocycles. The maximum Gasteiger partial charge on any atom is 0.0361 e. The fourth-order valence-corrected chi connectivity index (χ4v) is 2.92. The van der Waals surface area contributed by atoms with Gasteiger partial charge in [0.1, 0.15) is 0 Å². The Kier molecular flexibility index (Phi) is 6.01. The molecular formula is C19H24BrN. The molecule has 0 saturated carbocycles. The molecule has 1 atom stereocenters. The van der Waals surface area contributed by atoms with Crippen molar-refractivity contribution in [3.8, 4) is 0 Å². The average Bonchev–Trinajstić information content (AvgIpc) is 2.50. The van der Waals surface area contributed by atoms with Gasteiger partial charge >= 0.3 is 0 Å². The van der Waals surface area contributed by atoms with Crippen LogP contribution in [-0.2, 0) is 12.8 Å². The summed E-state index contributed by atoms with van der Waals surface area (Å²) in [5.74, 6) is 0. The van der Waals surface area contributed by atoms with E-state index in [0.717, 1.165) is 19.4 Å². The topological polar surface area (TPSA) is 12.0 Å². The molecule has 0 heterocycles. The highest BCUT2D eigenvalue weighted by atomic mass is 79.9. The number of hydrogen-bond donors (Lipinski definition) is 1. The smallest absolute Gasteiger partial charge is 0.0361 e. The largest absolute Gasteiger partial charge is 0.310 e. The summed E-state index contributed by atoms with van der Waals surface area (Å²) in [5, 5.41) is 3.60. The van der Waals surface area contributed by atoms with Gasteiger partial charge in [-0.25, -0.2) is 0 Å². The highest BCUT2D eigenvalue weighted by Crippen LogP contribution is 2.24. The van der Waals surface area contributed by atoms with Crippen LogP contribution >= 0.6 is 15.9 Å². The first kappa shape index (κ1) is 16.3. The van der Waals surface area contributed by atoms with Gasteiger partial charge in [-0.3, -0.25) is 0 Å². The van der Waals surface area contributed by atoms with Gasteiger partial charge in [-0.2, -0.15) is 0 Å². The van der Waals surface area contributed by atoms with Crippen LogP contribution in [0.25, 0.3) is 0 Å². The highest BCUT2D eigenvalue weighted by molar-refractivity contribution is 9.10. The van der Waals surface area contributed by atoms with Crippen molar-refractivity contribution in [2.24, 2.45) is 0 Å². The molecule has 0 radical (unpaired) electrons. The fourth-order valence-electron chi connectivity index (χ4n) is 2.53. The quantitative estimate of drug-likeness (QED) is 0.757. The third-order valence-corrected chi connectivity index (χ3v) is 4.77. The van der Waals surface area contributed by atoms with Crippen molar-refractivity contribution < 1.29 is 0 Å². The normalized spacial score (nSPS) is 12.4. The van der Waals surface area contributed by atoms with E-state index in [-0.39, 0.29) is 0 Å². The minimum Gasteiger partial charge on any atom is -0.310 e. The van der Waals surface area contributed by atoms with Gasteiger partial charge in [0.15, 0.2) is 0 Å². The molecule has 0 aliphatic heterocycles. The molecule has 1 N–H and O–H groups in total. The Labute approximate surface area is 136 Å². The van der Waals surface area contributed by atoms with Crippen LogP contribution in [0.4, 0.5) is 0 Å². The number of aryl methyl sites for hydroxylation is 2. The van der Waals surface area contributed by atoms with Gasteiger partial charge in [0.2, 0.25) is 0 Å². The predicted octanol–water partition coefficient (Wildman–Crippen LogP) is 5.21. The molecule has 2 rings (SSSR count). The second-order valence-electron chi connectivity index (χ2n) is 5.49. The SMILES string of the molecule is CCNC(Cc1ccc(CC)cc1)c1ccc(C)c(Br)c1. The van der Waals surface area contributed by atoms with Crippen LogP contribution in [-0.4, -0.2) is 6.54 Å². The van der Waals surface area contributed by atoms with Crippen molar-refractivity contribution in [1.82, 2.24) is 5.32 Å². The molecule has 2 heteroatoms. The van der Waals surface area contributed by atoms with Gasteiger partial charge in [-0.05, 0) is 54.6 Å². The van der Waals surface area contributed by atoms with E-state index in [1.165, 1.54) is 26.7 Å². The second-order valence-corrected chi connectivity index (χ2v) is 6.35. The summed E-state index contributed by atoms with van der Waals surface area (Å²) < 4.78 is 1.18. The lowest BCUT2D eigenvalue weighted by molar-refractivity contribution is 0.549. The number of likely N-dealkylation sites (N-methyl/N-ethyl adjacent to an activating group) is 1. The first-order valence-electron chi connectivity index (χ1n) is 7.71. The van der Waals surface area contributed by atoms with E-state index in [9.17, 15) is 0 Å². The summed E-state index contributed by atoms with van der Waals surface area (Å²) >= 11 is 3.64. The van der Waals surface area contributed by atoms with Crippen molar-refractivity contribution in [2.75, 3.05) is 6.54 Å². The van der Waals surface area contributed by atoms with Gasteiger partial charge in [0, 0.05) is 10.5 Å². The minimum absolute atomic E-state index is 0.361. The summed E-state index contributed by atoms with van der Waals surface area (Å²) in [6.07, 6.45) is 2.12. The molecule has 21 heavy (non-hydrogen) atoms. The molecule has 0 bridgehead atoms. The Bertz CT molecular complexity index is 575. The number of nitrogens with one attached hydrogen (secondary N) is 1. The van der Waals surface area contributed by atoms with E-state index >= 15 is 0 Å². The molecular weight excluding hydrogens is 322 g/mol. The van der Waals surface area contributed by atoms with Crippen molar-refractivity contribution in [1.29, 1.82) is 0 Å². The molecule has 0 aromatic heterocycles. The van der Waals surface area contributed by atoms with Gasteiger partial charge in [-0.15, -0.1) is 0 Å². The van der Waals surface area contributed by atoms with Crippen molar-refractivity contribution >= 4 is 15.9 Å². The Morgan fingerprint density at radius 1 is 1.00 bits per heavy atom. The lowest BCUT2D eigenvalue weighted by Gasteiger charge is -2.19. The van der Waals surface area contributed by atoms with E-state index in [1.54, 1.807) is 0 Å². The third-order valence-electron chi connectivity index (χ3n) is 3.92. The Hall–Kier alpha value is -1.12. The first-order chi connectivity index (χ1) is 10.1. The summed E-state index contributed by atoms with van der Waals surface area (Å²) in [7, 11) is 0. The first-order valence-corrected chi connectivity index (χ1v) is 8.50. The van der Waals surface area contributed by atoms with E-state index in [0.29, 0.717) is 6.04 Å². The molecule has 0 aliphatic rings. The Morgan fingerprint density at radius 2 is 1.67 bits per heavy atom. The van der Waals surface area contributed by atoms with E-state index in [2.05, 4.69) is 84.5 Å². The number of halogens is 1. The zero-order valence-corrected chi connectivity index (χ0v) is 14.7. The van der Waals surface area contributed by atoms with Crippen LogP contribution in [0.15, 0.2) is 46.9 Å².